The molecule has 0 rings (SSSR count). The van der Waals surface area contributed by atoms with Gasteiger partial charge in [-0.3, -0.25) is 4.79 Å². The zero-order valence-electron chi connectivity index (χ0n) is 9.97. The summed E-state index contributed by atoms with van der Waals surface area (Å²) in [5.74, 6) is 0.190. The summed E-state index contributed by atoms with van der Waals surface area (Å²) in [4.78, 5) is 13.5. The van der Waals surface area contributed by atoms with Crippen molar-refractivity contribution in [1.82, 2.24) is 10.2 Å². The largest absolute Gasteiger partial charge is 0.342 e. The molecule has 0 fully saturated rings. The second kappa shape index (κ2) is 7.80. The molecule has 3 nitrogen and oxygen atoms in total. The molecule has 0 radical (unpaired) electrons. The molecule has 0 heterocycles. The molecule has 1 unspecified atom stereocenters. The van der Waals surface area contributed by atoms with E-state index in [1.54, 1.807) is 7.05 Å². The fourth-order valence-corrected chi connectivity index (χ4v) is 1.59. The highest BCUT2D eigenvalue weighted by molar-refractivity contribution is 5.78. The standard InChI is InChI=1S/C11H24N2O/c1-5-7-8-10(6-2)13(4)11(14)9-12-3/h10,12H,5-9H2,1-4H3. The van der Waals surface area contributed by atoms with E-state index in [1.807, 2.05) is 11.9 Å². The summed E-state index contributed by atoms with van der Waals surface area (Å²) in [6.45, 7) is 4.77. The Labute approximate surface area is 87.9 Å². The van der Waals surface area contributed by atoms with E-state index in [2.05, 4.69) is 19.2 Å². The Kier molecular flexibility index (Phi) is 7.48. The minimum absolute atomic E-state index is 0.190. The first-order valence-electron chi connectivity index (χ1n) is 5.57. The molecule has 0 bridgehead atoms. The molecular formula is C11H24N2O. The van der Waals surface area contributed by atoms with Crippen molar-refractivity contribution in [2.24, 2.45) is 0 Å². The number of carbonyl (C=O) groups is 1. The van der Waals surface area contributed by atoms with E-state index in [1.165, 1.54) is 12.8 Å². The molecule has 84 valence electrons. The van der Waals surface area contributed by atoms with Crippen molar-refractivity contribution in [1.29, 1.82) is 0 Å². The van der Waals surface area contributed by atoms with Gasteiger partial charge in [0.15, 0.2) is 0 Å². The van der Waals surface area contributed by atoms with Gasteiger partial charge in [-0.25, -0.2) is 0 Å². The second-order valence-corrected chi connectivity index (χ2v) is 3.74. The van der Waals surface area contributed by atoms with E-state index < -0.39 is 0 Å². The van der Waals surface area contributed by atoms with Gasteiger partial charge in [0.25, 0.3) is 0 Å². The Morgan fingerprint density at radius 1 is 1.43 bits per heavy atom. The van der Waals surface area contributed by atoms with Gasteiger partial charge in [-0.2, -0.15) is 0 Å². The number of carbonyl (C=O) groups excluding carboxylic acids is 1. The highest BCUT2D eigenvalue weighted by atomic mass is 16.2. The molecule has 1 amide bonds. The third-order valence-electron chi connectivity index (χ3n) is 2.63. The van der Waals surface area contributed by atoms with Crippen LogP contribution in [-0.2, 0) is 4.79 Å². The highest BCUT2D eigenvalue weighted by Crippen LogP contribution is 2.10. The number of rotatable bonds is 7. The predicted molar refractivity (Wildman–Crippen MR) is 60.3 cm³/mol. The molecule has 1 atom stereocenters. The summed E-state index contributed by atoms with van der Waals surface area (Å²) < 4.78 is 0. The van der Waals surface area contributed by atoms with E-state index in [-0.39, 0.29) is 5.91 Å². The van der Waals surface area contributed by atoms with Gasteiger partial charge in [0.05, 0.1) is 6.54 Å². The molecule has 0 saturated carbocycles. The lowest BCUT2D eigenvalue weighted by atomic mass is 10.1. The van der Waals surface area contributed by atoms with Gasteiger partial charge in [-0.05, 0) is 19.9 Å². The zero-order chi connectivity index (χ0) is 11.0. The smallest absolute Gasteiger partial charge is 0.236 e. The van der Waals surface area contributed by atoms with E-state index in [0.717, 1.165) is 12.8 Å². The highest BCUT2D eigenvalue weighted by Gasteiger charge is 2.16. The van der Waals surface area contributed by atoms with Gasteiger partial charge in [0, 0.05) is 13.1 Å². The lowest BCUT2D eigenvalue weighted by Crippen LogP contribution is -2.41. The summed E-state index contributed by atoms with van der Waals surface area (Å²) in [7, 11) is 3.71. The van der Waals surface area contributed by atoms with Gasteiger partial charge < -0.3 is 10.2 Å². The SMILES string of the molecule is CCCCC(CC)N(C)C(=O)CNC. The first-order valence-corrected chi connectivity index (χ1v) is 5.57. The van der Waals surface area contributed by atoms with Crippen LogP contribution in [0.5, 0.6) is 0 Å². The van der Waals surface area contributed by atoms with Crippen molar-refractivity contribution in [2.75, 3.05) is 20.6 Å². The predicted octanol–water partition coefficient (Wildman–Crippen LogP) is 1.63. The normalized spacial score (nSPS) is 12.6. The number of likely N-dealkylation sites (N-methyl/N-ethyl adjacent to an activating group) is 2. The van der Waals surface area contributed by atoms with Gasteiger partial charge in [0.1, 0.15) is 0 Å². The fourth-order valence-electron chi connectivity index (χ4n) is 1.59. The van der Waals surface area contributed by atoms with Gasteiger partial charge in [0.2, 0.25) is 5.91 Å². The molecule has 0 aliphatic heterocycles. The fraction of sp³-hybridized carbons (Fsp3) is 0.909. The average molecular weight is 200 g/mol. The van der Waals surface area contributed by atoms with Crippen LogP contribution in [0.25, 0.3) is 0 Å². The Morgan fingerprint density at radius 2 is 2.07 bits per heavy atom. The van der Waals surface area contributed by atoms with E-state index in [0.29, 0.717) is 12.6 Å². The Bertz CT molecular complexity index is 159. The van der Waals surface area contributed by atoms with Crippen LogP contribution in [-0.4, -0.2) is 37.5 Å². The molecule has 0 spiro atoms. The summed E-state index contributed by atoms with van der Waals surface area (Å²) in [6.07, 6.45) is 4.57. The lowest BCUT2D eigenvalue weighted by Gasteiger charge is -2.27. The molecule has 0 aromatic heterocycles. The van der Waals surface area contributed by atoms with Crippen LogP contribution in [0.3, 0.4) is 0 Å². The first kappa shape index (κ1) is 13.4. The van der Waals surface area contributed by atoms with Crippen LogP contribution in [0.1, 0.15) is 39.5 Å². The third kappa shape index (κ3) is 4.61. The zero-order valence-corrected chi connectivity index (χ0v) is 9.97. The van der Waals surface area contributed by atoms with Crippen LogP contribution in [0, 0.1) is 0 Å². The molecule has 0 saturated heterocycles. The summed E-state index contributed by atoms with van der Waals surface area (Å²) in [6, 6.07) is 0.413. The number of nitrogens with one attached hydrogen (secondary N) is 1. The summed E-state index contributed by atoms with van der Waals surface area (Å²) in [5, 5.41) is 2.89. The van der Waals surface area contributed by atoms with Crippen LogP contribution in [0.15, 0.2) is 0 Å². The molecule has 0 aromatic rings. The average Bonchev–Trinajstić information content (AvgIpc) is 2.19. The van der Waals surface area contributed by atoms with Gasteiger partial charge >= 0.3 is 0 Å². The van der Waals surface area contributed by atoms with Crippen molar-refractivity contribution < 1.29 is 4.79 Å². The number of nitrogens with zero attached hydrogens (tertiary/aromatic N) is 1. The van der Waals surface area contributed by atoms with Crippen molar-refractivity contribution in [3.63, 3.8) is 0 Å². The Hall–Kier alpha value is -0.570. The first-order chi connectivity index (χ1) is 6.67. The van der Waals surface area contributed by atoms with Crippen molar-refractivity contribution >= 4 is 5.91 Å². The second-order valence-electron chi connectivity index (χ2n) is 3.74. The quantitative estimate of drug-likeness (QED) is 0.677. The van der Waals surface area contributed by atoms with E-state index in [4.69, 9.17) is 0 Å². The number of hydrogen-bond acceptors (Lipinski definition) is 2. The minimum Gasteiger partial charge on any atom is -0.342 e. The van der Waals surface area contributed by atoms with Gasteiger partial charge in [-0.1, -0.05) is 26.7 Å². The molecule has 3 heteroatoms. The van der Waals surface area contributed by atoms with Crippen LogP contribution < -0.4 is 5.32 Å². The summed E-state index contributed by atoms with van der Waals surface area (Å²) >= 11 is 0. The third-order valence-corrected chi connectivity index (χ3v) is 2.63. The van der Waals surface area contributed by atoms with Crippen molar-refractivity contribution in [3.8, 4) is 0 Å². The lowest BCUT2D eigenvalue weighted by molar-refractivity contribution is -0.131. The number of hydrogen-bond donors (Lipinski definition) is 1. The molecular weight excluding hydrogens is 176 g/mol. The minimum atomic E-state index is 0.190. The van der Waals surface area contributed by atoms with Crippen LogP contribution in [0.4, 0.5) is 0 Å². The maximum Gasteiger partial charge on any atom is 0.236 e. The molecule has 0 aliphatic rings. The van der Waals surface area contributed by atoms with Crippen LogP contribution >= 0.6 is 0 Å². The van der Waals surface area contributed by atoms with Crippen LogP contribution in [0.2, 0.25) is 0 Å². The van der Waals surface area contributed by atoms with E-state index in [9.17, 15) is 4.79 Å². The number of amides is 1. The molecule has 0 aliphatic carbocycles. The maximum absolute atomic E-state index is 11.6. The Balaban J connectivity index is 4.01. The Morgan fingerprint density at radius 3 is 2.50 bits per heavy atom. The molecule has 0 aromatic carbocycles. The van der Waals surface area contributed by atoms with Crippen molar-refractivity contribution in [3.05, 3.63) is 0 Å². The topological polar surface area (TPSA) is 32.3 Å². The van der Waals surface area contributed by atoms with Crippen molar-refractivity contribution in [2.45, 2.75) is 45.6 Å². The van der Waals surface area contributed by atoms with Gasteiger partial charge in [-0.15, -0.1) is 0 Å². The maximum atomic E-state index is 11.6. The summed E-state index contributed by atoms with van der Waals surface area (Å²) in [5.41, 5.74) is 0. The monoisotopic (exact) mass is 200 g/mol. The molecule has 14 heavy (non-hydrogen) atoms. The molecule has 1 N–H and O–H groups in total. The van der Waals surface area contributed by atoms with E-state index >= 15 is 0 Å². The number of unbranched alkanes of at least 4 members (excludes halogenated alkanes) is 1.